The maximum Gasteiger partial charge on any atom is 0.336 e. The Labute approximate surface area is 230 Å². The lowest BCUT2D eigenvalue weighted by Gasteiger charge is -2.19. The summed E-state index contributed by atoms with van der Waals surface area (Å²) in [4.78, 5) is 28.9. The van der Waals surface area contributed by atoms with Gasteiger partial charge in [0, 0.05) is 17.8 Å². The lowest BCUT2D eigenvalue weighted by Crippen LogP contribution is -2.14. The summed E-state index contributed by atoms with van der Waals surface area (Å²) in [6, 6.07) is 16.5. The number of halogens is 1. The molecule has 0 amide bonds. The fourth-order valence-corrected chi connectivity index (χ4v) is 5.55. The highest BCUT2D eigenvalue weighted by Crippen LogP contribution is 2.31. The van der Waals surface area contributed by atoms with Crippen molar-refractivity contribution in [2.45, 2.75) is 52.4 Å². The van der Waals surface area contributed by atoms with E-state index in [4.69, 9.17) is 16.3 Å². The van der Waals surface area contributed by atoms with E-state index in [2.05, 4.69) is 11.9 Å². The van der Waals surface area contributed by atoms with Crippen molar-refractivity contribution in [1.29, 1.82) is 0 Å². The van der Waals surface area contributed by atoms with Crippen LogP contribution >= 0.6 is 22.9 Å². The number of imidazole rings is 1. The summed E-state index contributed by atoms with van der Waals surface area (Å²) in [7, 11) is 0. The van der Waals surface area contributed by atoms with Gasteiger partial charge in [-0.1, -0.05) is 67.4 Å². The first kappa shape index (κ1) is 27.6. The van der Waals surface area contributed by atoms with Crippen LogP contribution in [0, 0.1) is 0 Å². The number of carboxylic acid groups (broad SMARTS) is 2. The summed E-state index contributed by atoms with van der Waals surface area (Å²) in [5.41, 5.74) is 3.41. The van der Waals surface area contributed by atoms with Crippen LogP contribution in [-0.4, -0.2) is 31.7 Å². The van der Waals surface area contributed by atoms with Gasteiger partial charge in [-0.3, -0.25) is 0 Å². The molecule has 2 aromatic carbocycles. The molecule has 38 heavy (non-hydrogen) atoms. The summed E-state index contributed by atoms with van der Waals surface area (Å²) in [5.74, 6) is -1.19. The van der Waals surface area contributed by atoms with Crippen molar-refractivity contribution in [3.63, 3.8) is 0 Å². The average molecular weight is 553 g/mol. The maximum atomic E-state index is 12.2. The van der Waals surface area contributed by atoms with Crippen LogP contribution in [0.15, 0.2) is 60.0 Å². The summed E-state index contributed by atoms with van der Waals surface area (Å²) in [6.45, 7) is 4.46. The number of benzene rings is 2. The lowest BCUT2D eigenvalue weighted by molar-refractivity contribution is 0.0474. The van der Waals surface area contributed by atoms with Gasteiger partial charge in [0.15, 0.2) is 5.15 Å². The minimum Gasteiger partial charge on any atom is -0.478 e. The minimum atomic E-state index is -0.998. The Morgan fingerprint density at radius 3 is 2.50 bits per heavy atom. The van der Waals surface area contributed by atoms with E-state index in [1.165, 1.54) is 11.3 Å². The number of hydrogen-bond donors (Lipinski definition) is 2. The maximum absolute atomic E-state index is 12.2. The first-order valence-corrected chi connectivity index (χ1v) is 13.6. The quantitative estimate of drug-likeness (QED) is 0.191. The molecule has 198 valence electrons. The minimum absolute atomic E-state index is 0.126. The molecule has 0 aliphatic heterocycles. The molecule has 1 atom stereocenters. The lowest BCUT2D eigenvalue weighted by atomic mass is 9.97. The molecule has 9 heteroatoms. The Balaban J connectivity index is 1.66. The molecule has 7 nitrogen and oxygen atoms in total. The average Bonchev–Trinajstić information content (AvgIpc) is 3.50. The second kappa shape index (κ2) is 12.4. The van der Waals surface area contributed by atoms with Gasteiger partial charge in [-0.15, -0.1) is 11.3 Å². The van der Waals surface area contributed by atoms with Crippen molar-refractivity contribution in [3.8, 4) is 11.1 Å². The number of unbranched alkanes of at least 4 members (excludes halogenated alkanes) is 1. The number of rotatable bonds is 12. The normalized spacial score (nSPS) is 12.0. The van der Waals surface area contributed by atoms with Crippen molar-refractivity contribution in [2.75, 3.05) is 0 Å². The van der Waals surface area contributed by atoms with E-state index in [1.54, 1.807) is 17.5 Å². The third-order valence-corrected chi connectivity index (χ3v) is 7.53. The zero-order chi connectivity index (χ0) is 27.2. The summed E-state index contributed by atoms with van der Waals surface area (Å²) < 4.78 is 8.09. The number of ether oxygens (including phenoxy) is 1. The number of hydrogen-bond acceptors (Lipinski definition) is 5. The molecule has 4 rings (SSSR count). The molecule has 4 aromatic rings. The molecule has 0 saturated heterocycles. The van der Waals surface area contributed by atoms with Gasteiger partial charge in [0.25, 0.3) is 0 Å². The van der Waals surface area contributed by atoms with E-state index in [-0.39, 0.29) is 17.7 Å². The third kappa shape index (κ3) is 6.15. The van der Waals surface area contributed by atoms with Crippen LogP contribution in [0.5, 0.6) is 0 Å². The number of aromatic carboxylic acids is 2. The monoisotopic (exact) mass is 552 g/mol. The molecule has 0 aliphatic carbocycles. The van der Waals surface area contributed by atoms with Crippen LogP contribution in [0.25, 0.3) is 11.1 Å². The number of nitrogens with zero attached hydrogens (tertiary/aromatic N) is 2. The topological polar surface area (TPSA) is 102 Å². The van der Waals surface area contributed by atoms with Crippen molar-refractivity contribution in [2.24, 2.45) is 0 Å². The fraction of sp³-hybridized carbons (Fsp3) is 0.276. The standard InChI is InChI=1S/C29H29ClN2O5S/c1-3-4-10-25-31-27(30)26(18(2)37-17-24-22(28(33)34)13-14-38-24)32(25)16-19-11-12-21(23(15-19)29(35)36)20-8-6-5-7-9-20/h5-9,11-15,18H,3-4,10,16-17H2,1-2H3,(H,33,34)(H,35,36). The molecule has 0 spiro atoms. The van der Waals surface area contributed by atoms with Gasteiger partial charge in [-0.2, -0.15) is 0 Å². The zero-order valence-corrected chi connectivity index (χ0v) is 22.8. The summed E-state index contributed by atoms with van der Waals surface area (Å²) in [5, 5.41) is 21.4. The first-order valence-electron chi connectivity index (χ1n) is 12.4. The predicted octanol–water partition coefficient (Wildman–Crippen LogP) is 7.33. The number of carboxylic acids is 2. The fourth-order valence-electron chi connectivity index (χ4n) is 4.41. The van der Waals surface area contributed by atoms with E-state index in [0.29, 0.717) is 34.3 Å². The first-order chi connectivity index (χ1) is 18.3. The molecule has 1 unspecified atom stereocenters. The molecule has 0 bridgehead atoms. The number of carbonyl (C=O) groups is 2. The van der Waals surface area contributed by atoms with Crippen LogP contribution in [0.4, 0.5) is 0 Å². The van der Waals surface area contributed by atoms with Crippen LogP contribution in [0.2, 0.25) is 5.15 Å². The zero-order valence-electron chi connectivity index (χ0n) is 21.2. The number of thiophene rings is 1. The molecule has 0 fully saturated rings. The molecule has 2 N–H and O–H groups in total. The van der Waals surface area contributed by atoms with Crippen molar-refractivity contribution >= 4 is 34.9 Å². The summed E-state index contributed by atoms with van der Waals surface area (Å²) >= 11 is 7.95. The van der Waals surface area contributed by atoms with Gasteiger partial charge in [0.05, 0.1) is 29.5 Å². The van der Waals surface area contributed by atoms with Crippen molar-refractivity contribution in [3.05, 3.63) is 98.2 Å². The van der Waals surface area contributed by atoms with Gasteiger partial charge in [0.2, 0.25) is 0 Å². The largest absolute Gasteiger partial charge is 0.478 e. The van der Waals surface area contributed by atoms with Gasteiger partial charge >= 0.3 is 11.9 Å². The summed E-state index contributed by atoms with van der Waals surface area (Å²) in [6.07, 6.45) is 2.14. The Morgan fingerprint density at radius 2 is 1.82 bits per heavy atom. The molecule has 2 aromatic heterocycles. The SMILES string of the molecule is CCCCc1nc(Cl)c(C(C)OCc2sccc2C(=O)O)n1Cc1ccc(-c2ccccc2)c(C(=O)O)c1. The molecule has 2 heterocycles. The highest BCUT2D eigenvalue weighted by molar-refractivity contribution is 7.10. The van der Waals surface area contributed by atoms with Gasteiger partial charge < -0.3 is 19.5 Å². The van der Waals surface area contributed by atoms with E-state index in [1.807, 2.05) is 54.0 Å². The van der Waals surface area contributed by atoms with Crippen LogP contribution in [0.3, 0.4) is 0 Å². The molecule has 0 aliphatic rings. The predicted molar refractivity (Wildman–Crippen MR) is 148 cm³/mol. The van der Waals surface area contributed by atoms with Gasteiger partial charge in [-0.25, -0.2) is 14.6 Å². The van der Waals surface area contributed by atoms with Crippen molar-refractivity contribution < 1.29 is 24.5 Å². The number of aromatic nitrogens is 2. The Hall–Kier alpha value is -3.46. The highest BCUT2D eigenvalue weighted by Gasteiger charge is 2.23. The van der Waals surface area contributed by atoms with E-state index in [0.717, 1.165) is 29.8 Å². The smallest absolute Gasteiger partial charge is 0.336 e. The van der Waals surface area contributed by atoms with Gasteiger partial charge in [0.1, 0.15) is 5.82 Å². The second-order valence-corrected chi connectivity index (χ2v) is 10.3. The van der Waals surface area contributed by atoms with Crippen LogP contribution < -0.4 is 0 Å². The highest BCUT2D eigenvalue weighted by atomic mass is 35.5. The van der Waals surface area contributed by atoms with Crippen molar-refractivity contribution in [1.82, 2.24) is 9.55 Å². The van der Waals surface area contributed by atoms with Crippen LogP contribution in [-0.2, 0) is 24.3 Å². The van der Waals surface area contributed by atoms with Gasteiger partial charge in [-0.05, 0) is 47.5 Å². The van der Waals surface area contributed by atoms with E-state index in [9.17, 15) is 19.8 Å². The molecular weight excluding hydrogens is 524 g/mol. The number of aryl methyl sites for hydroxylation is 1. The molecule has 0 saturated carbocycles. The second-order valence-electron chi connectivity index (χ2n) is 8.96. The van der Waals surface area contributed by atoms with Crippen LogP contribution in [0.1, 0.15) is 75.5 Å². The van der Waals surface area contributed by atoms with E-state index >= 15 is 0 Å². The van der Waals surface area contributed by atoms with E-state index < -0.39 is 18.0 Å². The Bertz CT molecular complexity index is 1430. The third-order valence-electron chi connectivity index (χ3n) is 6.36. The molecular formula is C29H29ClN2O5S. The molecule has 0 radical (unpaired) electrons. The Morgan fingerprint density at radius 1 is 1.08 bits per heavy atom. The Kier molecular flexibility index (Phi) is 8.99.